The SMILES string of the molecule is C=CCCC(=O)CC(=O)C(=O)O. The van der Waals surface area contributed by atoms with Crippen LogP contribution in [0.2, 0.25) is 0 Å². The van der Waals surface area contributed by atoms with Crippen molar-refractivity contribution in [2.24, 2.45) is 0 Å². The molecule has 0 aromatic heterocycles. The number of carboxylic acid groups (broad SMARTS) is 1. The summed E-state index contributed by atoms with van der Waals surface area (Å²) < 4.78 is 0. The van der Waals surface area contributed by atoms with Gasteiger partial charge in [-0.25, -0.2) is 4.79 Å². The van der Waals surface area contributed by atoms with Gasteiger partial charge in [-0.15, -0.1) is 6.58 Å². The van der Waals surface area contributed by atoms with Gasteiger partial charge in [-0.2, -0.15) is 0 Å². The molecule has 1 N–H and O–H groups in total. The van der Waals surface area contributed by atoms with E-state index in [1.54, 1.807) is 6.08 Å². The van der Waals surface area contributed by atoms with Crippen LogP contribution in [-0.2, 0) is 14.4 Å². The van der Waals surface area contributed by atoms with Crippen LogP contribution in [0, 0.1) is 0 Å². The van der Waals surface area contributed by atoms with Crippen LogP contribution in [0.3, 0.4) is 0 Å². The van der Waals surface area contributed by atoms with Crippen LogP contribution in [0.5, 0.6) is 0 Å². The number of ketones is 2. The van der Waals surface area contributed by atoms with E-state index >= 15 is 0 Å². The summed E-state index contributed by atoms with van der Waals surface area (Å²) in [6.45, 7) is 3.39. The van der Waals surface area contributed by atoms with Gasteiger partial charge in [0.05, 0.1) is 6.42 Å². The fourth-order valence-corrected chi connectivity index (χ4v) is 0.606. The van der Waals surface area contributed by atoms with Crippen LogP contribution < -0.4 is 0 Å². The van der Waals surface area contributed by atoms with Crippen LogP contribution >= 0.6 is 0 Å². The Labute approximate surface area is 69.9 Å². The Morgan fingerprint density at radius 3 is 2.33 bits per heavy atom. The maximum Gasteiger partial charge on any atom is 0.372 e. The standard InChI is InChI=1S/C8H10O4/c1-2-3-4-6(9)5-7(10)8(11)12/h2H,1,3-5H2,(H,11,12). The largest absolute Gasteiger partial charge is 0.475 e. The Morgan fingerprint density at radius 1 is 1.33 bits per heavy atom. The van der Waals surface area contributed by atoms with Crippen molar-refractivity contribution in [2.45, 2.75) is 19.3 Å². The average molecular weight is 170 g/mol. The zero-order chi connectivity index (χ0) is 9.56. The maximum atomic E-state index is 10.8. The van der Waals surface area contributed by atoms with Crippen LogP contribution in [-0.4, -0.2) is 22.6 Å². The minimum absolute atomic E-state index is 0.183. The minimum atomic E-state index is -1.55. The normalized spacial score (nSPS) is 9.00. The van der Waals surface area contributed by atoms with Crippen LogP contribution in [0.4, 0.5) is 0 Å². The highest BCUT2D eigenvalue weighted by molar-refractivity contribution is 6.36. The first kappa shape index (κ1) is 10.6. The lowest BCUT2D eigenvalue weighted by Gasteiger charge is -1.93. The molecule has 0 atom stereocenters. The first-order chi connectivity index (χ1) is 5.57. The summed E-state index contributed by atoms with van der Waals surface area (Å²) in [7, 11) is 0. The van der Waals surface area contributed by atoms with Crippen LogP contribution in [0.25, 0.3) is 0 Å². The molecule has 0 spiro atoms. The van der Waals surface area contributed by atoms with E-state index in [9.17, 15) is 14.4 Å². The lowest BCUT2D eigenvalue weighted by Crippen LogP contribution is -2.16. The first-order valence-electron chi connectivity index (χ1n) is 3.46. The van der Waals surface area contributed by atoms with Gasteiger partial charge in [0.15, 0.2) is 0 Å². The van der Waals surface area contributed by atoms with Gasteiger partial charge in [0.1, 0.15) is 5.78 Å². The number of hydrogen-bond acceptors (Lipinski definition) is 3. The van der Waals surface area contributed by atoms with Gasteiger partial charge in [-0.1, -0.05) is 6.08 Å². The van der Waals surface area contributed by atoms with E-state index < -0.39 is 18.2 Å². The number of carboxylic acids is 1. The van der Waals surface area contributed by atoms with Crippen molar-refractivity contribution in [3.63, 3.8) is 0 Å². The summed E-state index contributed by atoms with van der Waals surface area (Å²) in [6, 6.07) is 0. The van der Waals surface area contributed by atoms with Crippen molar-refractivity contribution in [1.29, 1.82) is 0 Å². The van der Waals surface area contributed by atoms with E-state index in [1.807, 2.05) is 0 Å². The Kier molecular flexibility index (Phi) is 4.60. The van der Waals surface area contributed by atoms with Crippen LogP contribution in [0.15, 0.2) is 12.7 Å². The van der Waals surface area contributed by atoms with E-state index in [0.29, 0.717) is 6.42 Å². The van der Waals surface area contributed by atoms with Crippen molar-refractivity contribution in [1.82, 2.24) is 0 Å². The van der Waals surface area contributed by atoms with Gasteiger partial charge in [-0.3, -0.25) is 9.59 Å². The molecule has 0 radical (unpaired) electrons. The first-order valence-corrected chi connectivity index (χ1v) is 3.46. The maximum absolute atomic E-state index is 10.8. The molecule has 0 aliphatic heterocycles. The van der Waals surface area contributed by atoms with Gasteiger partial charge >= 0.3 is 5.97 Å². The molecule has 0 aromatic carbocycles. The quantitative estimate of drug-likeness (QED) is 0.359. The molecule has 0 aliphatic rings. The summed E-state index contributed by atoms with van der Waals surface area (Å²) in [5.41, 5.74) is 0. The third-order valence-electron chi connectivity index (χ3n) is 1.22. The average Bonchev–Trinajstić information content (AvgIpc) is 2.00. The summed E-state index contributed by atoms with van der Waals surface area (Å²) in [5, 5.41) is 8.13. The third kappa shape index (κ3) is 4.38. The predicted octanol–water partition coefficient (Wildman–Crippen LogP) is 0.565. The second-order valence-electron chi connectivity index (χ2n) is 2.27. The molecule has 0 unspecified atom stereocenters. The number of hydrogen-bond donors (Lipinski definition) is 1. The molecule has 4 nitrogen and oxygen atoms in total. The molecule has 0 rings (SSSR count). The van der Waals surface area contributed by atoms with E-state index in [4.69, 9.17) is 5.11 Å². The van der Waals surface area contributed by atoms with Gasteiger partial charge in [0, 0.05) is 6.42 Å². The molecule has 0 fully saturated rings. The number of Topliss-reactive ketones (excluding diaryl/α,β-unsaturated/α-hetero) is 2. The molecule has 4 heteroatoms. The minimum Gasteiger partial charge on any atom is -0.475 e. The number of allylic oxidation sites excluding steroid dienone is 1. The molecular weight excluding hydrogens is 160 g/mol. The zero-order valence-corrected chi connectivity index (χ0v) is 6.58. The summed E-state index contributed by atoms with van der Waals surface area (Å²) in [5.74, 6) is -2.96. The lowest BCUT2D eigenvalue weighted by atomic mass is 10.1. The molecule has 12 heavy (non-hydrogen) atoms. The summed E-state index contributed by atoms with van der Waals surface area (Å²) in [4.78, 5) is 31.2. The molecule has 0 aliphatic carbocycles. The second kappa shape index (κ2) is 5.23. The Morgan fingerprint density at radius 2 is 1.92 bits per heavy atom. The van der Waals surface area contributed by atoms with Gasteiger partial charge < -0.3 is 5.11 Å². The number of carbonyl (C=O) groups is 3. The van der Waals surface area contributed by atoms with Gasteiger partial charge in [0.2, 0.25) is 5.78 Å². The molecular formula is C8H10O4. The van der Waals surface area contributed by atoms with E-state index in [1.165, 1.54) is 0 Å². The number of rotatable bonds is 6. The van der Waals surface area contributed by atoms with Gasteiger partial charge in [-0.05, 0) is 6.42 Å². The highest BCUT2D eigenvalue weighted by Crippen LogP contribution is 1.96. The Bertz CT molecular complexity index is 217. The van der Waals surface area contributed by atoms with Crippen molar-refractivity contribution in [3.8, 4) is 0 Å². The molecule has 0 aromatic rings. The number of aliphatic carboxylic acids is 1. The fraction of sp³-hybridized carbons (Fsp3) is 0.375. The van der Waals surface area contributed by atoms with Crippen molar-refractivity contribution >= 4 is 17.5 Å². The van der Waals surface area contributed by atoms with Crippen LogP contribution in [0.1, 0.15) is 19.3 Å². The molecule has 0 saturated heterocycles. The summed E-state index contributed by atoms with van der Waals surface area (Å²) in [6.07, 6.45) is 1.70. The number of carbonyl (C=O) groups excluding carboxylic acids is 2. The van der Waals surface area contributed by atoms with Gasteiger partial charge in [0.25, 0.3) is 0 Å². The highest BCUT2D eigenvalue weighted by atomic mass is 16.4. The lowest BCUT2D eigenvalue weighted by molar-refractivity contribution is -0.150. The molecule has 0 saturated carbocycles. The monoisotopic (exact) mass is 170 g/mol. The second-order valence-corrected chi connectivity index (χ2v) is 2.27. The van der Waals surface area contributed by atoms with E-state index in [-0.39, 0.29) is 12.2 Å². The smallest absolute Gasteiger partial charge is 0.372 e. The molecule has 0 heterocycles. The molecule has 0 amide bonds. The Balaban J connectivity index is 3.76. The Hall–Kier alpha value is -1.45. The molecule has 0 bridgehead atoms. The fourth-order valence-electron chi connectivity index (χ4n) is 0.606. The predicted molar refractivity (Wildman–Crippen MR) is 41.7 cm³/mol. The van der Waals surface area contributed by atoms with Crippen molar-refractivity contribution in [3.05, 3.63) is 12.7 Å². The molecule has 66 valence electrons. The summed E-state index contributed by atoms with van der Waals surface area (Å²) >= 11 is 0. The van der Waals surface area contributed by atoms with E-state index in [0.717, 1.165) is 0 Å². The van der Waals surface area contributed by atoms with Crippen molar-refractivity contribution in [2.75, 3.05) is 0 Å². The zero-order valence-electron chi connectivity index (χ0n) is 6.58. The van der Waals surface area contributed by atoms with Crippen molar-refractivity contribution < 1.29 is 19.5 Å². The highest BCUT2D eigenvalue weighted by Gasteiger charge is 2.15. The topological polar surface area (TPSA) is 71.4 Å². The third-order valence-corrected chi connectivity index (χ3v) is 1.22. The van der Waals surface area contributed by atoms with E-state index in [2.05, 4.69) is 6.58 Å².